The van der Waals surface area contributed by atoms with Gasteiger partial charge >= 0.3 is 0 Å². The van der Waals surface area contributed by atoms with E-state index in [-0.39, 0.29) is 0 Å². The van der Waals surface area contributed by atoms with Crippen LogP contribution in [0.2, 0.25) is 0 Å². The van der Waals surface area contributed by atoms with Crippen molar-refractivity contribution in [2.24, 2.45) is 7.05 Å². The molecule has 1 N–H and O–H groups in total. The highest BCUT2D eigenvalue weighted by Crippen LogP contribution is 2.20. The van der Waals surface area contributed by atoms with E-state index in [1.807, 2.05) is 23.9 Å². The quantitative estimate of drug-likeness (QED) is 0.729. The number of nitrogens with zero attached hydrogens (tertiary/aromatic N) is 5. The van der Waals surface area contributed by atoms with Crippen molar-refractivity contribution in [2.75, 3.05) is 7.11 Å². The maximum absolute atomic E-state index is 5.32. The average molecular weight is 276 g/mol. The van der Waals surface area contributed by atoms with Crippen molar-refractivity contribution >= 4 is 23.4 Å². The van der Waals surface area contributed by atoms with Crippen molar-refractivity contribution in [1.29, 1.82) is 0 Å². The van der Waals surface area contributed by atoms with Crippen molar-refractivity contribution in [3.8, 4) is 5.88 Å². The van der Waals surface area contributed by atoms with Crippen LogP contribution in [0.15, 0.2) is 18.6 Å². The second-order valence-electron chi connectivity index (χ2n) is 4.08. The molecule has 0 saturated carbocycles. The van der Waals surface area contributed by atoms with E-state index < -0.39 is 0 Å². The van der Waals surface area contributed by atoms with Crippen molar-refractivity contribution in [1.82, 2.24) is 29.3 Å². The van der Waals surface area contributed by atoms with Crippen molar-refractivity contribution in [2.45, 2.75) is 6.54 Å². The Kier molecular flexibility index (Phi) is 2.79. The molecular formula is C11H12N6OS. The molecule has 0 bridgehead atoms. The Hall–Kier alpha value is -2.22. The number of rotatable bonds is 3. The Morgan fingerprint density at radius 3 is 2.95 bits per heavy atom. The van der Waals surface area contributed by atoms with Crippen LogP contribution in [0.3, 0.4) is 0 Å². The summed E-state index contributed by atoms with van der Waals surface area (Å²) in [7, 11) is 3.44. The van der Waals surface area contributed by atoms with Gasteiger partial charge in [-0.3, -0.25) is 9.25 Å². The first kappa shape index (κ1) is 11.8. The van der Waals surface area contributed by atoms with Gasteiger partial charge in [0, 0.05) is 13.2 Å². The number of imidazole rings is 1. The van der Waals surface area contributed by atoms with Gasteiger partial charge in [-0.05, 0) is 18.3 Å². The minimum absolute atomic E-state index is 0.482. The number of hydrogen-bond acceptors (Lipinski definition) is 5. The van der Waals surface area contributed by atoms with Gasteiger partial charge in [-0.15, -0.1) is 0 Å². The van der Waals surface area contributed by atoms with Crippen LogP contribution in [-0.4, -0.2) is 36.4 Å². The molecule has 0 spiro atoms. The van der Waals surface area contributed by atoms with Gasteiger partial charge < -0.3 is 9.72 Å². The lowest BCUT2D eigenvalue weighted by molar-refractivity contribution is 0.401. The predicted octanol–water partition coefficient (Wildman–Crippen LogP) is 1.28. The third-order valence-corrected chi connectivity index (χ3v) is 3.13. The number of methoxy groups -OCH3 is 1. The Morgan fingerprint density at radius 1 is 1.42 bits per heavy atom. The number of aromatic nitrogens is 6. The zero-order chi connectivity index (χ0) is 13.4. The van der Waals surface area contributed by atoms with E-state index in [2.05, 4.69) is 20.1 Å². The fraction of sp³-hybridized carbons (Fsp3) is 0.273. The van der Waals surface area contributed by atoms with E-state index in [0.29, 0.717) is 28.4 Å². The van der Waals surface area contributed by atoms with Crippen LogP contribution in [0.25, 0.3) is 11.2 Å². The highest BCUT2D eigenvalue weighted by atomic mass is 32.1. The van der Waals surface area contributed by atoms with E-state index >= 15 is 0 Å². The summed E-state index contributed by atoms with van der Waals surface area (Å²) in [4.78, 5) is 11.4. The third kappa shape index (κ3) is 1.99. The summed E-state index contributed by atoms with van der Waals surface area (Å²) < 4.78 is 9.38. The molecule has 0 saturated heterocycles. The molecule has 0 aliphatic rings. The third-order valence-electron chi connectivity index (χ3n) is 2.81. The van der Waals surface area contributed by atoms with Gasteiger partial charge in [0.25, 0.3) is 0 Å². The molecule has 3 aromatic rings. The molecule has 0 fully saturated rings. The van der Waals surface area contributed by atoms with Gasteiger partial charge in [-0.2, -0.15) is 10.1 Å². The minimum Gasteiger partial charge on any atom is -0.479 e. The van der Waals surface area contributed by atoms with E-state index in [1.54, 1.807) is 11.8 Å². The largest absolute Gasteiger partial charge is 0.479 e. The number of nitrogens with one attached hydrogen (secondary N) is 1. The predicted molar refractivity (Wildman–Crippen MR) is 71.6 cm³/mol. The zero-order valence-electron chi connectivity index (χ0n) is 10.5. The molecule has 3 heterocycles. The molecule has 19 heavy (non-hydrogen) atoms. The normalized spacial score (nSPS) is 11.1. The lowest BCUT2D eigenvalue weighted by Gasteiger charge is -2.02. The van der Waals surface area contributed by atoms with Crippen LogP contribution in [0.1, 0.15) is 5.69 Å². The maximum atomic E-state index is 5.32. The van der Waals surface area contributed by atoms with Crippen molar-refractivity contribution in [3.05, 3.63) is 29.1 Å². The van der Waals surface area contributed by atoms with Gasteiger partial charge in [0.2, 0.25) is 5.88 Å². The second kappa shape index (κ2) is 4.47. The first-order valence-corrected chi connectivity index (χ1v) is 6.06. The molecule has 0 radical (unpaired) electrons. The van der Waals surface area contributed by atoms with Crippen LogP contribution in [0.4, 0.5) is 0 Å². The monoisotopic (exact) mass is 276 g/mol. The van der Waals surface area contributed by atoms with Crippen LogP contribution >= 0.6 is 12.2 Å². The summed E-state index contributed by atoms with van der Waals surface area (Å²) >= 11 is 5.32. The number of fused-ring (bicyclic) bond motifs is 1. The van der Waals surface area contributed by atoms with Gasteiger partial charge in [-0.25, -0.2) is 4.98 Å². The fourth-order valence-corrected chi connectivity index (χ4v) is 2.21. The topological polar surface area (TPSA) is 73.6 Å². The number of aromatic amines is 1. The number of hydrogen-bond donors (Lipinski definition) is 1. The molecule has 0 unspecified atom stereocenters. The molecule has 98 valence electrons. The van der Waals surface area contributed by atoms with Gasteiger partial charge in [0.05, 0.1) is 19.3 Å². The SMILES string of the molecule is COc1ncnc2c1[nH]c(=S)n2Cc1ccn(C)n1. The van der Waals surface area contributed by atoms with Crippen molar-refractivity contribution in [3.63, 3.8) is 0 Å². The summed E-state index contributed by atoms with van der Waals surface area (Å²) in [6.45, 7) is 0.555. The Morgan fingerprint density at radius 2 is 2.26 bits per heavy atom. The molecule has 0 aliphatic carbocycles. The van der Waals surface area contributed by atoms with Gasteiger partial charge in [0.1, 0.15) is 11.8 Å². The summed E-state index contributed by atoms with van der Waals surface area (Å²) in [5.41, 5.74) is 2.32. The molecule has 3 rings (SSSR count). The average Bonchev–Trinajstić information content (AvgIpc) is 2.94. The molecule has 0 aliphatic heterocycles. The summed E-state index contributed by atoms with van der Waals surface area (Å²) in [6.07, 6.45) is 3.35. The standard InChI is InChI=1S/C11H12N6OS/c1-16-4-3-7(15-16)5-17-9-8(14-11(17)19)10(18-2)13-6-12-9/h3-4,6H,5H2,1-2H3,(H,14,19). The van der Waals surface area contributed by atoms with Crippen LogP contribution in [0, 0.1) is 4.77 Å². The summed E-state index contributed by atoms with van der Waals surface area (Å²) in [5.74, 6) is 0.482. The Bertz CT molecular complexity index is 786. The first-order chi connectivity index (χ1) is 9.19. The van der Waals surface area contributed by atoms with Crippen LogP contribution < -0.4 is 4.74 Å². The molecule has 0 aromatic carbocycles. The van der Waals surface area contributed by atoms with E-state index in [1.165, 1.54) is 6.33 Å². The van der Waals surface area contributed by atoms with E-state index in [0.717, 1.165) is 5.69 Å². The lowest BCUT2D eigenvalue weighted by atomic mass is 10.4. The van der Waals surface area contributed by atoms with Crippen molar-refractivity contribution < 1.29 is 4.74 Å². The molecule has 3 aromatic heterocycles. The first-order valence-electron chi connectivity index (χ1n) is 5.65. The number of aryl methyl sites for hydroxylation is 1. The second-order valence-corrected chi connectivity index (χ2v) is 4.47. The molecule has 8 heteroatoms. The van der Waals surface area contributed by atoms with Crippen LogP contribution in [0.5, 0.6) is 5.88 Å². The summed E-state index contributed by atoms with van der Waals surface area (Å²) in [5, 5.41) is 4.34. The molecule has 0 amide bonds. The smallest absolute Gasteiger partial charge is 0.242 e. The highest BCUT2D eigenvalue weighted by molar-refractivity contribution is 7.71. The molecule has 0 atom stereocenters. The van der Waals surface area contributed by atoms with Gasteiger partial charge in [-0.1, -0.05) is 0 Å². The minimum atomic E-state index is 0.482. The van der Waals surface area contributed by atoms with E-state index in [9.17, 15) is 0 Å². The fourth-order valence-electron chi connectivity index (χ4n) is 1.96. The number of ether oxygens (including phenoxy) is 1. The maximum Gasteiger partial charge on any atom is 0.242 e. The zero-order valence-corrected chi connectivity index (χ0v) is 11.3. The Balaban J connectivity index is 2.13. The van der Waals surface area contributed by atoms with Crippen LogP contribution in [-0.2, 0) is 13.6 Å². The summed E-state index contributed by atoms with van der Waals surface area (Å²) in [6, 6.07) is 1.94. The highest BCUT2D eigenvalue weighted by Gasteiger charge is 2.12. The Labute approximate surface area is 113 Å². The lowest BCUT2D eigenvalue weighted by Crippen LogP contribution is -2.02. The number of H-pyrrole nitrogens is 1. The van der Waals surface area contributed by atoms with E-state index in [4.69, 9.17) is 17.0 Å². The van der Waals surface area contributed by atoms with Gasteiger partial charge in [0.15, 0.2) is 10.4 Å². The molecule has 7 nitrogen and oxygen atoms in total. The molecular weight excluding hydrogens is 264 g/mol.